The molecule has 0 aliphatic rings. The van der Waals surface area contributed by atoms with Gasteiger partial charge in [0.25, 0.3) is 0 Å². The maximum Gasteiger partial charge on any atom is 0.306 e. The van der Waals surface area contributed by atoms with E-state index in [1.165, 1.54) is 0 Å². The summed E-state index contributed by atoms with van der Waals surface area (Å²) >= 11 is 0. The molecule has 2 atom stereocenters. The van der Waals surface area contributed by atoms with E-state index in [-0.39, 0.29) is 18.1 Å². The third kappa shape index (κ3) is 6.84. The Labute approximate surface area is 103 Å². The highest BCUT2D eigenvalue weighted by molar-refractivity contribution is 5.69. The summed E-state index contributed by atoms with van der Waals surface area (Å²) in [6.07, 6.45) is 4.26. The number of carbonyl (C=O) groups is 1. The van der Waals surface area contributed by atoms with Crippen LogP contribution < -0.4 is 0 Å². The fraction of sp³-hybridized carbons (Fsp3) is 0.917. The van der Waals surface area contributed by atoms with Gasteiger partial charge in [0.2, 0.25) is 0 Å². The first kappa shape index (κ1) is 15.8. The number of rotatable bonds is 9. The minimum Gasteiger partial charge on any atom is -0.462 e. The normalized spacial score (nSPS) is 13.6. The van der Waals surface area contributed by atoms with E-state index in [2.05, 4.69) is 10.0 Å². The van der Waals surface area contributed by atoms with Gasteiger partial charge in [-0.1, -0.05) is 38.7 Å². The van der Waals surface area contributed by atoms with E-state index in [0.29, 0.717) is 6.42 Å². The van der Waals surface area contributed by atoms with Crippen LogP contribution in [0.2, 0.25) is 0 Å². The third-order valence-electron chi connectivity index (χ3n) is 2.52. The molecule has 0 amide bonds. The summed E-state index contributed by atoms with van der Waals surface area (Å²) in [6, 6.07) is -0.231. The standard InChI is InChI=1S/C12H23N3O2/c1-4-7-10(14-15-13)11(8-5-2)17-12(16)9-6-3/h10-11H,4-9H2,1-3H3/t10-,11+/m1/s1. The number of carbonyl (C=O) groups excluding carboxylic acids is 1. The Hall–Kier alpha value is -1.22. The average molecular weight is 241 g/mol. The Kier molecular flexibility index (Phi) is 9.25. The molecular formula is C12H23N3O2. The molecule has 98 valence electrons. The Morgan fingerprint density at radius 3 is 2.35 bits per heavy atom. The molecule has 0 N–H and O–H groups in total. The smallest absolute Gasteiger partial charge is 0.306 e. The monoisotopic (exact) mass is 241 g/mol. The van der Waals surface area contributed by atoms with Crippen molar-refractivity contribution < 1.29 is 9.53 Å². The van der Waals surface area contributed by atoms with E-state index >= 15 is 0 Å². The first-order valence-corrected chi connectivity index (χ1v) is 6.43. The van der Waals surface area contributed by atoms with Crippen molar-refractivity contribution in [1.82, 2.24) is 0 Å². The lowest BCUT2D eigenvalue weighted by Gasteiger charge is -2.23. The molecule has 0 saturated carbocycles. The van der Waals surface area contributed by atoms with Crippen LogP contribution in [0.25, 0.3) is 10.4 Å². The van der Waals surface area contributed by atoms with E-state index in [4.69, 9.17) is 10.3 Å². The zero-order valence-electron chi connectivity index (χ0n) is 11.1. The molecular weight excluding hydrogens is 218 g/mol. The Balaban J connectivity index is 4.53. The van der Waals surface area contributed by atoms with E-state index in [1.54, 1.807) is 0 Å². The Morgan fingerprint density at radius 2 is 1.88 bits per heavy atom. The van der Waals surface area contributed by atoms with Gasteiger partial charge in [-0.15, -0.1) is 0 Å². The second kappa shape index (κ2) is 9.97. The molecule has 0 bridgehead atoms. The molecule has 0 spiro atoms. The number of esters is 1. The highest BCUT2D eigenvalue weighted by atomic mass is 16.5. The van der Waals surface area contributed by atoms with Gasteiger partial charge < -0.3 is 4.74 Å². The van der Waals surface area contributed by atoms with Crippen molar-refractivity contribution in [3.63, 3.8) is 0 Å². The molecule has 0 fully saturated rings. The fourth-order valence-electron chi connectivity index (χ4n) is 1.73. The summed E-state index contributed by atoms with van der Waals surface area (Å²) in [6.45, 7) is 5.99. The molecule has 0 aromatic heterocycles. The van der Waals surface area contributed by atoms with E-state index in [9.17, 15) is 4.79 Å². The van der Waals surface area contributed by atoms with Crippen molar-refractivity contribution in [3.8, 4) is 0 Å². The maximum atomic E-state index is 11.5. The second-order valence-electron chi connectivity index (χ2n) is 4.13. The molecule has 5 nitrogen and oxygen atoms in total. The Morgan fingerprint density at radius 1 is 1.24 bits per heavy atom. The molecule has 0 aliphatic heterocycles. The summed E-state index contributed by atoms with van der Waals surface area (Å²) in [4.78, 5) is 14.3. The number of ether oxygens (including phenoxy) is 1. The lowest BCUT2D eigenvalue weighted by atomic mass is 10.0. The minimum absolute atomic E-state index is 0.194. The molecule has 0 heterocycles. The predicted molar refractivity (Wildman–Crippen MR) is 67.5 cm³/mol. The van der Waals surface area contributed by atoms with Gasteiger partial charge in [0, 0.05) is 11.3 Å². The van der Waals surface area contributed by atoms with Crippen LogP contribution in [0.5, 0.6) is 0 Å². The summed E-state index contributed by atoms with van der Waals surface area (Å²) in [7, 11) is 0. The maximum absolute atomic E-state index is 11.5. The van der Waals surface area contributed by atoms with E-state index in [1.807, 2.05) is 20.8 Å². The molecule has 0 rings (SSSR count). The van der Waals surface area contributed by atoms with Crippen LogP contribution in [0.3, 0.4) is 0 Å². The van der Waals surface area contributed by atoms with Crippen LogP contribution >= 0.6 is 0 Å². The molecule has 0 saturated heterocycles. The lowest BCUT2D eigenvalue weighted by molar-refractivity contribution is -0.150. The Bertz CT molecular complexity index is 262. The third-order valence-corrected chi connectivity index (χ3v) is 2.52. The molecule has 0 unspecified atom stereocenters. The van der Waals surface area contributed by atoms with E-state index in [0.717, 1.165) is 32.1 Å². The number of nitrogens with zero attached hydrogens (tertiary/aromatic N) is 3. The van der Waals surface area contributed by atoms with Crippen molar-refractivity contribution in [1.29, 1.82) is 0 Å². The van der Waals surface area contributed by atoms with Gasteiger partial charge in [0.15, 0.2) is 0 Å². The molecule has 0 aromatic rings. The zero-order chi connectivity index (χ0) is 13.1. The van der Waals surface area contributed by atoms with Crippen LogP contribution in [-0.4, -0.2) is 18.1 Å². The first-order valence-electron chi connectivity index (χ1n) is 6.43. The van der Waals surface area contributed by atoms with Crippen LogP contribution in [0.4, 0.5) is 0 Å². The number of azide groups is 1. The second-order valence-corrected chi connectivity index (χ2v) is 4.13. The molecule has 0 radical (unpaired) electrons. The minimum atomic E-state index is -0.269. The van der Waals surface area contributed by atoms with Gasteiger partial charge in [-0.05, 0) is 24.8 Å². The van der Waals surface area contributed by atoms with Gasteiger partial charge in [0.1, 0.15) is 6.10 Å². The van der Waals surface area contributed by atoms with Crippen molar-refractivity contribution in [2.45, 2.75) is 71.4 Å². The topological polar surface area (TPSA) is 75.1 Å². The molecule has 5 heteroatoms. The van der Waals surface area contributed by atoms with Gasteiger partial charge in [-0.25, -0.2) is 0 Å². The van der Waals surface area contributed by atoms with Gasteiger partial charge >= 0.3 is 5.97 Å². The van der Waals surface area contributed by atoms with Crippen molar-refractivity contribution in [2.75, 3.05) is 0 Å². The summed E-state index contributed by atoms with van der Waals surface area (Å²) in [5.41, 5.74) is 8.54. The lowest BCUT2D eigenvalue weighted by Crippen LogP contribution is -2.29. The summed E-state index contributed by atoms with van der Waals surface area (Å²) in [5, 5.41) is 3.75. The summed E-state index contributed by atoms with van der Waals surface area (Å²) in [5.74, 6) is -0.194. The van der Waals surface area contributed by atoms with Crippen molar-refractivity contribution >= 4 is 5.97 Å². The number of hydrogen-bond donors (Lipinski definition) is 0. The first-order chi connectivity index (χ1) is 8.19. The zero-order valence-corrected chi connectivity index (χ0v) is 11.1. The highest BCUT2D eigenvalue weighted by Crippen LogP contribution is 2.17. The van der Waals surface area contributed by atoms with Gasteiger partial charge in [-0.2, -0.15) is 0 Å². The quantitative estimate of drug-likeness (QED) is 0.265. The van der Waals surface area contributed by atoms with Crippen molar-refractivity contribution in [3.05, 3.63) is 10.4 Å². The number of hydrogen-bond acceptors (Lipinski definition) is 3. The highest BCUT2D eigenvalue weighted by Gasteiger charge is 2.22. The van der Waals surface area contributed by atoms with Gasteiger partial charge in [-0.3, -0.25) is 4.79 Å². The molecule has 17 heavy (non-hydrogen) atoms. The SMILES string of the molecule is CCCC(=O)O[C@@H](CCC)[C@@H](CCC)N=[N+]=[N-]. The molecule has 0 aliphatic carbocycles. The van der Waals surface area contributed by atoms with Crippen molar-refractivity contribution in [2.24, 2.45) is 5.11 Å². The summed E-state index contributed by atoms with van der Waals surface area (Å²) < 4.78 is 5.39. The van der Waals surface area contributed by atoms with Crippen LogP contribution in [0.1, 0.15) is 59.3 Å². The average Bonchev–Trinajstić information content (AvgIpc) is 2.28. The largest absolute Gasteiger partial charge is 0.462 e. The molecule has 0 aromatic carbocycles. The van der Waals surface area contributed by atoms with Gasteiger partial charge in [0.05, 0.1) is 6.04 Å². The van der Waals surface area contributed by atoms with Crippen LogP contribution in [-0.2, 0) is 9.53 Å². The van der Waals surface area contributed by atoms with E-state index < -0.39 is 0 Å². The predicted octanol–water partition coefficient (Wildman–Crippen LogP) is 3.98. The fourth-order valence-corrected chi connectivity index (χ4v) is 1.73. The van der Waals surface area contributed by atoms with Crippen LogP contribution in [0, 0.1) is 0 Å². The van der Waals surface area contributed by atoms with Crippen LogP contribution in [0.15, 0.2) is 5.11 Å².